The van der Waals surface area contributed by atoms with Crippen molar-refractivity contribution in [3.8, 4) is 0 Å². The molecule has 0 bridgehead atoms. The molecule has 0 amide bonds. The highest BCUT2D eigenvalue weighted by atomic mass is 15.0. The molecular weight excluding hydrogens is 280 g/mol. The molecule has 0 aliphatic heterocycles. The van der Waals surface area contributed by atoms with Gasteiger partial charge in [-0.15, -0.1) is 0 Å². The van der Waals surface area contributed by atoms with Crippen LogP contribution in [0.25, 0.3) is 0 Å². The van der Waals surface area contributed by atoms with Gasteiger partial charge < -0.3 is 4.57 Å². The summed E-state index contributed by atoms with van der Waals surface area (Å²) in [6.07, 6.45) is 29.9. The summed E-state index contributed by atoms with van der Waals surface area (Å²) < 4.78 is 2.18. The summed E-state index contributed by atoms with van der Waals surface area (Å²) in [5.41, 5.74) is 0. The Hall–Kier alpha value is -1.31. The van der Waals surface area contributed by atoms with Gasteiger partial charge in [-0.25, -0.2) is 4.98 Å². The quantitative estimate of drug-likeness (QED) is 0.245. The van der Waals surface area contributed by atoms with Crippen LogP contribution in [0.3, 0.4) is 0 Å². The Kier molecular flexibility index (Phi) is 13.4. The first-order chi connectivity index (χ1) is 11.4. The lowest BCUT2D eigenvalue weighted by Crippen LogP contribution is -1.93. The zero-order chi connectivity index (χ0) is 16.4. The van der Waals surface area contributed by atoms with E-state index >= 15 is 0 Å². The molecule has 0 saturated carbocycles. The van der Waals surface area contributed by atoms with Gasteiger partial charge in [-0.3, -0.25) is 0 Å². The number of rotatable bonds is 16. The van der Waals surface area contributed by atoms with Crippen molar-refractivity contribution in [1.29, 1.82) is 0 Å². The molecule has 0 aromatic carbocycles. The molecular formula is C21H36N2. The van der Waals surface area contributed by atoms with Crippen LogP contribution >= 0.6 is 0 Å². The van der Waals surface area contributed by atoms with Crippen molar-refractivity contribution in [1.82, 2.24) is 9.55 Å². The van der Waals surface area contributed by atoms with Crippen LogP contribution in [0.5, 0.6) is 0 Å². The number of hydrogen-bond donors (Lipinski definition) is 0. The van der Waals surface area contributed by atoms with Crippen molar-refractivity contribution in [3.05, 3.63) is 43.5 Å². The Labute approximate surface area is 143 Å². The number of unbranched alkanes of at least 4 members (excludes halogenated alkanes) is 12. The zero-order valence-corrected chi connectivity index (χ0v) is 15.0. The van der Waals surface area contributed by atoms with Gasteiger partial charge in [0.25, 0.3) is 0 Å². The normalized spacial score (nSPS) is 11.3. The maximum atomic E-state index is 4.07. The number of nitrogens with zero attached hydrogens (tertiary/aromatic N) is 2. The van der Waals surface area contributed by atoms with Gasteiger partial charge in [0.2, 0.25) is 0 Å². The first-order valence-electron chi connectivity index (χ1n) is 9.67. The molecule has 0 N–H and O–H groups in total. The Bertz CT molecular complexity index is 379. The number of aromatic nitrogens is 2. The Balaban J connectivity index is 1.70. The Morgan fingerprint density at radius 3 is 1.87 bits per heavy atom. The fourth-order valence-corrected chi connectivity index (χ4v) is 2.94. The summed E-state index contributed by atoms with van der Waals surface area (Å²) in [6, 6.07) is 0. The third-order valence-corrected chi connectivity index (χ3v) is 4.37. The van der Waals surface area contributed by atoms with Crippen LogP contribution in [0.4, 0.5) is 0 Å². The predicted octanol–water partition coefficient (Wildman–Crippen LogP) is 6.70. The van der Waals surface area contributed by atoms with Crippen molar-refractivity contribution in [3.63, 3.8) is 0 Å². The van der Waals surface area contributed by atoms with E-state index in [1.54, 1.807) is 0 Å². The van der Waals surface area contributed by atoms with E-state index < -0.39 is 0 Å². The Morgan fingerprint density at radius 2 is 1.35 bits per heavy atom. The van der Waals surface area contributed by atoms with Crippen LogP contribution in [0.1, 0.15) is 83.5 Å². The molecule has 130 valence electrons. The lowest BCUT2D eigenvalue weighted by atomic mass is 10.0. The largest absolute Gasteiger partial charge is 0.337 e. The molecule has 0 unspecified atom stereocenters. The highest BCUT2D eigenvalue weighted by Crippen LogP contribution is 2.12. The molecule has 0 radical (unpaired) electrons. The van der Waals surface area contributed by atoms with Gasteiger partial charge in [-0.05, 0) is 19.3 Å². The summed E-state index contributed by atoms with van der Waals surface area (Å²) in [5.74, 6) is 0. The summed E-state index contributed by atoms with van der Waals surface area (Å²) in [4.78, 5) is 4.07. The van der Waals surface area contributed by atoms with Crippen LogP contribution in [0, 0.1) is 0 Å². The molecule has 2 nitrogen and oxygen atoms in total. The van der Waals surface area contributed by atoms with Gasteiger partial charge in [0, 0.05) is 18.9 Å². The molecule has 1 heterocycles. The fourth-order valence-electron chi connectivity index (χ4n) is 2.94. The van der Waals surface area contributed by atoms with Gasteiger partial charge in [-0.2, -0.15) is 0 Å². The van der Waals surface area contributed by atoms with Crippen molar-refractivity contribution in [2.45, 2.75) is 90.0 Å². The van der Waals surface area contributed by atoms with Gasteiger partial charge in [0.15, 0.2) is 0 Å². The molecule has 0 fully saturated rings. The maximum Gasteiger partial charge on any atom is 0.0945 e. The predicted molar refractivity (Wildman–Crippen MR) is 102 cm³/mol. The van der Waals surface area contributed by atoms with Gasteiger partial charge in [0.05, 0.1) is 6.33 Å². The van der Waals surface area contributed by atoms with E-state index in [0.29, 0.717) is 0 Å². The number of allylic oxidation sites excluding steroid dienone is 3. The van der Waals surface area contributed by atoms with Gasteiger partial charge in [-0.1, -0.05) is 89.0 Å². The van der Waals surface area contributed by atoms with Gasteiger partial charge >= 0.3 is 0 Å². The summed E-state index contributed by atoms with van der Waals surface area (Å²) in [7, 11) is 0. The minimum atomic E-state index is 1.13. The van der Waals surface area contributed by atoms with Gasteiger partial charge in [0.1, 0.15) is 0 Å². The number of imidazole rings is 1. The van der Waals surface area contributed by atoms with Crippen LogP contribution in [-0.2, 0) is 6.54 Å². The second-order valence-corrected chi connectivity index (χ2v) is 6.50. The van der Waals surface area contributed by atoms with Crippen LogP contribution < -0.4 is 0 Å². The topological polar surface area (TPSA) is 17.8 Å². The minimum absolute atomic E-state index is 1.13. The van der Waals surface area contributed by atoms with E-state index in [0.717, 1.165) is 6.54 Å². The molecule has 0 aliphatic rings. The lowest BCUT2D eigenvalue weighted by Gasteiger charge is -2.03. The average Bonchev–Trinajstić information content (AvgIpc) is 3.08. The molecule has 0 aliphatic carbocycles. The third kappa shape index (κ3) is 12.9. The molecule has 0 atom stereocenters. The summed E-state index contributed by atoms with van der Waals surface area (Å²) >= 11 is 0. The molecule has 1 rings (SSSR count). The van der Waals surface area contributed by atoms with Crippen molar-refractivity contribution in [2.24, 2.45) is 0 Å². The van der Waals surface area contributed by atoms with Crippen LogP contribution in [-0.4, -0.2) is 9.55 Å². The van der Waals surface area contributed by atoms with Crippen molar-refractivity contribution < 1.29 is 0 Å². The van der Waals surface area contributed by atoms with Crippen LogP contribution in [0.2, 0.25) is 0 Å². The smallest absolute Gasteiger partial charge is 0.0945 e. The first kappa shape index (κ1) is 19.7. The standard InChI is InChI=1S/C21H36N2/c1-2-3-4-5-6-7-8-9-10-11-12-13-14-15-16-17-19-23-20-18-22-21-23/h2-4,18,20-21H,1,5-17,19H2. The number of aryl methyl sites for hydroxylation is 1. The molecule has 1 aromatic heterocycles. The van der Waals surface area contributed by atoms with Crippen molar-refractivity contribution in [2.75, 3.05) is 0 Å². The lowest BCUT2D eigenvalue weighted by molar-refractivity contribution is 0.527. The van der Waals surface area contributed by atoms with E-state index in [4.69, 9.17) is 0 Å². The van der Waals surface area contributed by atoms with E-state index in [9.17, 15) is 0 Å². The van der Waals surface area contributed by atoms with Crippen molar-refractivity contribution >= 4 is 0 Å². The zero-order valence-electron chi connectivity index (χ0n) is 15.0. The number of hydrogen-bond acceptors (Lipinski definition) is 1. The summed E-state index contributed by atoms with van der Waals surface area (Å²) in [5, 5.41) is 0. The molecule has 1 aromatic rings. The first-order valence-corrected chi connectivity index (χ1v) is 9.67. The average molecular weight is 317 g/mol. The molecule has 2 heteroatoms. The molecule has 23 heavy (non-hydrogen) atoms. The maximum absolute atomic E-state index is 4.07. The van der Waals surface area contributed by atoms with E-state index in [-0.39, 0.29) is 0 Å². The Morgan fingerprint density at radius 1 is 0.783 bits per heavy atom. The molecule has 0 saturated heterocycles. The van der Waals surface area contributed by atoms with Crippen LogP contribution in [0.15, 0.2) is 43.5 Å². The minimum Gasteiger partial charge on any atom is -0.337 e. The van der Waals surface area contributed by atoms with E-state index in [1.807, 2.05) is 18.6 Å². The van der Waals surface area contributed by atoms with E-state index in [2.05, 4.69) is 34.5 Å². The second-order valence-electron chi connectivity index (χ2n) is 6.50. The SMILES string of the molecule is C=CC=CCCCCCCCCCCCCCCn1ccnc1. The second kappa shape index (κ2) is 15.6. The molecule has 0 spiro atoms. The highest BCUT2D eigenvalue weighted by Gasteiger charge is 1.94. The third-order valence-electron chi connectivity index (χ3n) is 4.37. The monoisotopic (exact) mass is 316 g/mol. The fraction of sp³-hybridized carbons (Fsp3) is 0.667. The van der Waals surface area contributed by atoms with E-state index in [1.165, 1.54) is 83.5 Å². The highest BCUT2D eigenvalue weighted by molar-refractivity contribution is 4.96. The summed E-state index contributed by atoms with van der Waals surface area (Å²) in [6.45, 7) is 4.81.